The van der Waals surface area contributed by atoms with Crippen LogP contribution in [0.5, 0.6) is 0 Å². The van der Waals surface area contributed by atoms with E-state index < -0.39 is 0 Å². The van der Waals surface area contributed by atoms with Crippen molar-refractivity contribution in [2.45, 2.75) is 19.8 Å². The molecule has 0 radical (unpaired) electrons. The third-order valence-electron chi connectivity index (χ3n) is 3.68. The van der Waals surface area contributed by atoms with Crippen LogP contribution in [0.1, 0.15) is 16.7 Å². The van der Waals surface area contributed by atoms with Gasteiger partial charge in [-0.3, -0.25) is 0 Å². The van der Waals surface area contributed by atoms with Crippen molar-refractivity contribution in [1.29, 1.82) is 0 Å². The van der Waals surface area contributed by atoms with Crippen LogP contribution in [0.15, 0.2) is 42.5 Å². The van der Waals surface area contributed by atoms with Crippen molar-refractivity contribution in [3.05, 3.63) is 69.2 Å². The molecule has 1 atom stereocenters. The van der Waals surface area contributed by atoms with Gasteiger partial charge >= 0.3 is 0 Å². The zero-order chi connectivity index (χ0) is 15.2. The van der Waals surface area contributed by atoms with Crippen molar-refractivity contribution >= 4 is 23.2 Å². The first-order chi connectivity index (χ1) is 10.1. The standard InChI is InChI=1S/C18H21Cl2N/c1-13-7-8-16(18(20)9-13)11-14(12-21-2)10-15-5-3-4-6-17(15)19/h3-9,14,21H,10-12H2,1-2H3. The number of hydrogen-bond donors (Lipinski definition) is 1. The Labute approximate surface area is 137 Å². The van der Waals surface area contributed by atoms with E-state index >= 15 is 0 Å². The van der Waals surface area contributed by atoms with Gasteiger partial charge in [-0.2, -0.15) is 0 Å². The minimum atomic E-state index is 0.468. The first-order valence-corrected chi connectivity index (χ1v) is 7.98. The molecule has 0 heterocycles. The highest BCUT2D eigenvalue weighted by Crippen LogP contribution is 2.24. The summed E-state index contributed by atoms with van der Waals surface area (Å²) >= 11 is 12.6. The van der Waals surface area contributed by atoms with E-state index in [1.165, 1.54) is 16.7 Å². The van der Waals surface area contributed by atoms with Crippen molar-refractivity contribution in [2.24, 2.45) is 5.92 Å². The first-order valence-electron chi connectivity index (χ1n) is 7.23. The Hall–Kier alpha value is -1.02. The van der Waals surface area contributed by atoms with Crippen molar-refractivity contribution in [3.8, 4) is 0 Å². The molecule has 0 spiro atoms. The maximum atomic E-state index is 6.36. The predicted octanol–water partition coefficient (Wildman–Crippen LogP) is 4.92. The number of halogens is 2. The topological polar surface area (TPSA) is 12.0 Å². The van der Waals surface area contributed by atoms with Gasteiger partial charge in [0, 0.05) is 10.0 Å². The Balaban J connectivity index is 2.14. The molecule has 3 heteroatoms. The summed E-state index contributed by atoms with van der Waals surface area (Å²) in [6.07, 6.45) is 1.90. The molecular formula is C18H21Cl2N. The fraction of sp³-hybridized carbons (Fsp3) is 0.333. The van der Waals surface area contributed by atoms with Crippen LogP contribution in [0.4, 0.5) is 0 Å². The predicted molar refractivity (Wildman–Crippen MR) is 92.5 cm³/mol. The second-order valence-corrected chi connectivity index (χ2v) is 6.33. The molecule has 0 bridgehead atoms. The van der Waals surface area contributed by atoms with E-state index in [1.807, 2.05) is 31.3 Å². The molecule has 0 saturated carbocycles. The minimum absolute atomic E-state index is 0.468. The lowest BCUT2D eigenvalue weighted by Crippen LogP contribution is -2.23. The fourth-order valence-corrected chi connectivity index (χ4v) is 3.13. The van der Waals surface area contributed by atoms with E-state index in [1.54, 1.807) is 0 Å². The number of rotatable bonds is 6. The lowest BCUT2D eigenvalue weighted by Gasteiger charge is -2.18. The summed E-state index contributed by atoms with van der Waals surface area (Å²) in [6.45, 7) is 3.00. The molecule has 1 N–H and O–H groups in total. The van der Waals surface area contributed by atoms with Gasteiger partial charge in [0.2, 0.25) is 0 Å². The average molecular weight is 322 g/mol. The highest BCUT2D eigenvalue weighted by Gasteiger charge is 2.13. The highest BCUT2D eigenvalue weighted by atomic mass is 35.5. The molecule has 21 heavy (non-hydrogen) atoms. The van der Waals surface area contributed by atoms with Gasteiger partial charge in [0.25, 0.3) is 0 Å². The third kappa shape index (κ3) is 4.74. The summed E-state index contributed by atoms with van der Waals surface area (Å²) in [5.41, 5.74) is 3.59. The number of hydrogen-bond acceptors (Lipinski definition) is 1. The number of aryl methyl sites for hydroxylation is 1. The minimum Gasteiger partial charge on any atom is -0.319 e. The average Bonchev–Trinajstić information content (AvgIpc) is 2.44. The van der Waals surface area contributed by atoms with Crippen LogP contribution in [-0.2, 0) is 12.8 Å². The zero-order valence-corrected chi connectivity index (χ0v) is 14.0. The summed E-state index contributed by atoms with van der Waals surface area (Å²) in [6, 6.07) is 14.3. The molecule has 0 aliphatic rings. The van der Waals surface area contributed by atoms with Crippen molar-refractivity contribution in [1.82, 2.24) is 5.32 Å². The molecule has 0 fully saturated rings. The second kappa shape index (κ2) is 7.84. The maximum absolute atomic E-state index is 6.36. The summed E-state index contributed by atoms with van der Waals surface area (Å²) in [7, 11) is 1.98. The van der Waals surface area contributed by atoms with Gasteiger partial charge in [0.05, 0.1) is 0 Å². The third-order valence-corrected chi connectivity index (χ3v) is 4.40. The van der Waals surface area contributed by atoms with Gasteiger partial charge in [0.15, 0.2) is 0 Å². The van der Waals surface area contributed by atoms with E-state index in [4.69, 9.17) is 23.2 Å². The van der Waals surface area contributed by atoms with Gasteiger partial charge in [-0.1, -0.05) is 53.5 Å². The van der Waals surface area contributed by atoms with Crippen LogP contribution >= 0.6 is 23.2 Å². The van der Waals surface area contributed by atoms with Gasteiger partial charge in [0.1, 0.15) is 0 Å². The Morgan fingerprint density at radius 1 is 0.952 bits per heavy atom. The van der Waals surface area contributed by atoms with E-state index in [2.05, 4.69) is 30.4 Å². The van der Waals surface area contributed by atoms with Gasteiger partial charge < -0.3 is 5.32 Å². The quantitative estimate of drug-likeness (QED) is 0.796. The second-order valence-electron chi connectivity index (χ2n) is 5.52. The molecule has 1 nitrogen and oxygen atoms in total. The van der Waals surface area contributed by atoms with E-state index in [0.717, 1.165) is 29.4 Å². The molecule has 2 rings (SSSR count). The smallest absolute Gasteiger partial charge is 0.0440 e. The summed E-state index contributed by atoms with van der Waals surface area (Å²) < 4.78 is 0. The van der Waals surface area contributed by atoms with Crippen LogP contribution in [0.3, 0.4) is 0 Å². The number of nitrogens with one attached hydrogen (secondary N) is 1. The summed E-state index contributed by atoms with van der Waals surface area (Å²) in [5.74, 6) is 0.468. The van der Waals surface area contributed by atoms with Gasteiger partial charge in [-0.25, -0.2) is 0 Å². The van der Waals surface area contributed by atoms with E-state index in [0.29, 0.717) is 5.92 Å². The van der Waals surface area contributed by atoms with Gasteiger partial charge in [-0.15, -0.1) is 0 Å². The molecule has 2 aromatic carbocycles. The molecule has 0 aromatic heterocycles. The molecular weight excluding hydrogens is 301 g/mol. The van der Waals surface area contributed by atoms with Crippen LogP contribution in [0, 0.1) is 12.8 Å². The fourth-order valence-electron chi connectivity index (χ4n) is 2.61. The van der Waals surface area contributed by atoms with Crippen LogP contribution in [0.2, 0.25) is 10.0 Å². The molecule has 112 valence electrons. The molecule has 0 amide bonds. The Bertz CT molecular complexity index is 596. The van der Waals surface area contributed by atoms with Crippen LogP contribution in [-0.4, -0.2) is 13.6 Å². The molecule has 2 aromatic rings. The lowest BCUT2D eigenvalue weighted by atomic mass is 9.92. The molecule has 1 unspecified atom stereocenters. The lowest BCUT2D eigenvalue weighted by molar-refractivity contribution is 0.493. The van der Waals surface area contributed by atoms with Gasteiger partial charge in [-0.05, 0) is 68.1 Å². The molecule has 0 aliphatic heterocycles. The van der Waals surface area contributed by atoms with Crippen molar-refractivity contribution in [2.75, 3.05) is 13.6 Å². The SMILES string of the molecule is CNCC(Cc1ccccc1Cl)Cc1ccc(C)cc1Cl. The normalized spacial score (nSPS) is 12.4. The van der Waals surface area contributed by atoms with E-state index in [9.17, 15) is 0 Å². The largest absolute Gasteiger partial charge is 0.319 e. The van der Waals surface area contributed by atoms with Crippen LogP contribution in [0.25, 0.3) is 0 Å². The monoisotopic (exact) mass is 321 g/mol. The summed E-state index contributed by atoms with van der Waals surface area (Å²) in [5, 5.41) is 4.97. The Kier molecular flexibility index (Phi) is 6.10. The maximum Gasteiger partial charge on any atom is 0.0440 e. The van der Waals surface area contributed by atoms with E-state index in [-0.39, 0.29) is 0 Å². The highest BCUT2D eigenvalue weighted by molar-refractivity contribution is 6.31. The van der Waals surface area contributed by atoms with Crippen molar-refractivity contribution < 1.29 is 0 Å². The van der Waals surface area contributed by atoms with Crippen LogP contribution < -0.4 is 5.32 Å². The Morgan fingerprint density at radius 3 is 2.24 bits per heavy atom. The molecule has 0 aliphatic carbocycles. The first kappa shape index (κ1) is 16.4. The van der Waals surface area contributed by atoms with Crippen molar-refractivity contribution in [3.63, 3.8) is 0 Å². The Morgan fingerprint density at radius 2 is 1.62 bits per heavy atom. The molecule has 0 saturated heterocycles. The number of benzene rings is 2. The zero-order valence-electron chi connectivity index (χ0n) is 12.5. The summed E-state index contributed by atoms with van der Waals surface area (Å²) in [4.78, 5) is 0.